The van der Waals surface area contributed by atoms with Gasteiger partial charge in [0.15, 0.2) is 5.96 Å². The van der Waals surface area contributed by atoms with Gasteiger partial charge in [0, 0.05) is 6.54 Å². The molecule has 0 aromatic heterocycles. The van der Waals surface area contributed by atoms with Crippen molar-refractivity contribution in [2.45, 2.75) is 33.1 Å². The molecule has 0 aliphatic heterocycles. The van der Waals surface area contributed by atoms with E-state index < -0.39 is 0 Å². The van der Waals surface area contributed by atoms with Gasteiger partial charge < -0.3 is 11.5 Å². The highest BCUT2D eigenvalue weighted by atomic mass is 15.0. The highest BCUT2D eigenvalue weighted by molar-refractivity contribution is 5.75. The third kappa shape index (κ3) is 4.34. The van der Waals surface area contributed by atoms with Crippen LogP contribution in [0.5, 0.6) is 0 Å². The number of hydrogen-bond donors (Lipinski definition) is 2. The van der Waals surface area contributed by atoms with Crippen LogP contribution in [0.2, 0.25) is 0 Å². The van der Waals surface area contributed by atoms with Crippen LogP contribution < -0.4 is 11.5 Å². The zero-order chi connectivity index (χ0) is 12.0. The lowest BCUT2D eigenvalue weighted by Gasteiger charge is -2.06. The first kappa shape index (κ1) is 12.6. The minimum Gasteiger partial charge on any atom is -0.370 e. The Kier molecular flexibility index (Phi) is 4.83. The van der Waals surface area contributed by atoms with Crippen molar-refractivity contribution in [2.24, 2.45) is 16.5 Å². The van der Waals surface area contributed by atoms with E-state index in [1.54, 1.807) is 0 Å². The van der Waals surface area contributed by atoms with E-state index in [2.05, 4.69) is 37.0 Å². The van der Waals surface area contributed by atoms with Crippen molar-refractivity contribution < 1.29 is 0 Å². The predicted molar refractivity (Wildman–Crippen MR) is 69.5 cm³/mol. The molecule has 0 amide bonds. The van der Waals surface area contributed by atoms with Crippen molar-refractivity contribution in [3.05, 3.63) is 34.9 Å². The van der Waals surface area contributed by atoms with E-state index in [4.69, 9.17) is 11.5 Å². The summed E-state index contributed by atoms with van der Waals surface area (Å²) in [7, 11) is 0. The van der Waals surface area contributed by atoms with Crippen molar-refractivity contribution in [1.82, 2.24) is 0 Å². The molecule has 0 aliphatic rings. The van der Waals surface area contributed by atoms with Crippen molar-refractivity contribution in [1.29, 1.82) is 0 Å². The zero-order valence-electron chi connectivity index (χ0n) is 10.2. The molecule has 4 N–H and O–H groups in total. The molecule has 0 fully saturated rings. The van der Waals surface area contributed by atoms with Gasteiger partial charge >= 0.3 is 0 Å². The van der Waals surface area contributed by atoms with E-state index in [1.807, 2.05) is 0 Å². The molecule has 1 aromatic carbocycles. The first-order chi connectivity index (χ1) is 7.59. The molecule has 88 valence electrons. The fourth-order valence-electron chi connectivity index (χ4n) is 1.76. The number of benzene rings is 1. The second kappa shape index (κ2) is 6.16. The number of nitrogens with two attached hydrogens (primary N) is 2. The normalized spacial score (nSPS) is 10.1. The molecule has 1 aromatic rings. The van der Waals surface area contributed by atoms with Gasteiger partial charge in [0.2, 0.25) is 0 Å². The van der Waals surface area contributed by atoms with Crippen LogP contribution in [0, 0.1) is 13.8 Å². The standard InChI is InChI=1S/C13H21N3/c1-10-6-7-12(11(2)9-10)5-3-4-8-16-13(14)15/h6-7,9H,3-5,8H2,1-2H3,(H4,14,15,16). The second-order valence-corrected chi connectivity index (χ2v) is 4.19. The van der Waals surface area contributed by atoms with Crippen LogP contribution in [0.3, 0.4) is 0 Å². The van der Waals surface area contributed by atoms with Crippen LogP contribution in [0.25, 0.3) is 0 Å². The van der Waals surface area contributed by atoms with Crippen LogP contribution >= 0.6 is 0 Å². The zero-order valence-corrected chi connectivity index (χ0v) is 10.2. The molecule has 0 heterocycles. The van der Waals surface area contributed by atoms with Crippen molar-refractivity contribution >= 4 is 5.96 Å². The topological polar surface area (TPSA) is 64.4 Å². The highest BCUT2D eigenvalue weighted by Gasteiger charge is 1.98. The van der Waals surface area contributed by atoms with Crippen molar-refractivity contribution in [2.75, 3.05) is 6.54 Å². The Labute approximate surface area is 97.6 Å². The molecule has 16 heavy (non-hydrogen) atoms. The lowest BCUT2D eigenvalue weighted by atomic mass is 10.0. The Hall–Kier alpha value is -1.51. The van der Waals surface area contributed by atoms with E-state index in [1.165, 1.54) is 16.7 Å². The Balaban J connectivity index is 2.35. The molecule has 0 saturated heterocycles. The molecule has 0 spiro atoms. The van der Waals surface area contributed by atoms with E-state index in [-0.39, 0.29) is 5.96 Å². The summed E-state index contributed by atoms with van der Waals surface area (Å²) in [5.41, 5.74) is 14.6. The van der Waals surface area contributed by atoms with Crippen LogP contribution in [0.4, 0.5) is 0 Å². The van der Waals surface area contributed by atoms with Crippen LogP contribution in [-0.4, -0.2) is 12.5 Å². The Morgan fingerprint density at radius 3 is 2.56 bits per heavy atom. The Morgan fingerprint density at radius 1 is 1.19 bits per heavy atom. The lowest BCUT2D eigenvalue weighted by Crippen LogP contribution is -2.22. The highest BCUT2D eigenvalue weighted by Crippen LogP contribution is 2.13. The van der Waals surface area contributed by atoms with Gasteiger partial charge in [-0.1, -0.05) is 23.8 Å². The van der Waals surface area contributed by atoms with Crippen LogP contribution in [0.15, 0.2) is 23.2 Å². The van der Waals surface area contributed by atoms with Gasteiger partial charge in [-0.2, -0.15) is 0 Å². The molecule has 1 rings (SSSR count). The minimum absolute atomic E-state index is 0.187. The molecule has 0 saturated carbocycles. The maximum Gasteiger partial charge on any atom is 0.185 e. The van der Waals surface area contributed by atoms with Gasteiger partial charge in [-0.25, -0.2) is 0 Å². The fraction of sp³-hybridized carbons (Fsp3) is 0.462. The van der Waals surface area contributed by atoms with Crippen LogP contribution in [-0.2, 0) is 6.42 Å². The average molecular weight is 219 g/mol. The molecular formula is C13H21N3. The van der Waals surface area contributed by atoms with Gasteiger partial charge in [0.05, 0.1) is 0 Å². The van der Waals surface area contributed by atoms with Crippen molar-refractivity contribution in [3.63, 3.8) is 0 Å². The smallest absolute Gasteiger partial charge is 0.185 e. The largest absolute Gasteiger partial charge is 0.370 e. The number of aryl methyl sites for hydroxylation is 3. The summed E-state index contributed by atoms with van der Waals surface area (Å²) in [6, 6.07) is 6.61. The maximum absolute atomic E-state index is 5.25. The number of hydrogen-bond acceptors (Lipinski definition) is 1. The molecule has 0 aliphatic carbocycles. The SMILES string of the molecule is Cc1ccc(CCCCN=C(N)N)c(C)c1. The third-order valence-electron chi connectivity index (χ3n) is 2.65. The number of nitrogens with zero attached hydrogens (tertiary/aromatic N) is 1. The molecule has 3 nitrogen and oxygen atoms in total. The predicted octanol–water partition coefficient (Wildman–Crippen LogP) is 1.90. The Morgan fingerprint density at radius 2 is 1.94 bits per heavy atom. The van der Waals surface area contributed by atoms with E-state index in [0.717, 1.165) is 25.8 Å². The number of guanidine groups is 1. The van der Waals surface area contributed by atoms with Gasteiger partial charge in [-0.15, -0.1) is 0 Å². The monoisotopic (exact) mass is 219 g/mol. The molecule has 3 heteroatoms. The van der Waals surface area contributed by atoms with E-state index in [0.29, 0.717) is 0 Å². The summed E-state index contributed by atoms with van der Waals surface area (Å²) >= 11 is 0. The lowest BCUT2D eigenvalue weighted by molar-refractivity contribution is 0.742. The summed E-state index contributed by atoms with van der Waals surface area (Å²) in [5.74, 6) is 0.187. The fourth-order valence-corrected chi connectivity index (χ4v) is 1.76. The Bertz CT molecular complexity index is 365. The van der Waals surface area contributed by atoms with Gasteiger partial charge in [0.25, 0.3) is 0 Å². The molecule has 0 bridgehead atoms. The maximum atomic E-state index is 5.25. The summed E-state index contributed by atoms with van der Waals surface area (Å²) in [5, 5.41) is 0. The molecule has 0 radical (unpaired) electrons. The summed E-state index contributed by atoms with van der Waals surface area (Å²) < 4.78 is 0. The molecule has 0 unspecified atom stereocenters. The number of unbranched alkanes of at least 4 members (excludes halogenated alkanes) is 1. The summed E-state index contributed by atoms with van der Waals surface area (Å²) in [6.07, 6.45) is 3.26. The average Bonchev–Trinajstić information content (AvgIpc) is 2.20. The van der Waals surface area contributed by atoms with Gasteiger partial charge in [0.1, 0.15) is 0 Å². The van der Waals surface area contributed by atoms with Gasteiger partial charge in [-0.3, -0.25) is 4.99 Å². The van der Waals surface area contributed by atoms with Crippen molar-refractivity contribution in [3.8, 4) is 0 Å². The minimum atomic E-state index is 0.187. The number of aliphatic imine (C=N–C) groups is 1. The molecular weight excluding hydrogens is 198 g/mol. The van der Waals surface area contributed by atoms with Gasteiger partial charge in [-0.05, 0) is 44.2 Å². The first-order valence-corrected chi connectivity index (χ1v) is 5.71. The third-order valence-corrected chi connectivity index (χ3v) is 2.65. The summed E-state index contributed by atoms with van der Waals surface area (Å²) in [6.45, 7) is 5.01. The summed E-state index contributed by atoms with van der Waals surface area (Å²) in [4.78, 5) is 3.96. The van der Waals surface area contributed by atoms with E-state index >= 15 is 0 Å². The first-order valence-electron chi connectivity index (χ1n) is 5.71. The number of rotatable bonds is 5. The van der Waals surface area contributed by atoms with Crippen LogP contribution in [0.1, 0.15) is 29.5 Å². The quantitative estimate of drug-likeness (QED) is 0.451. The molecule has 0 atom stereocenters. The van der Waals surface area contributed by atoms with E-state index in [9.17, 15) is 0 Å². The second-order valence-electron chi connectivity index (χ2n) is 4.19.